The molecule has 0 fully saturated rings. The summed E-state index contributed by atoms with van der Waals surface area (Å²) in [6, 6.07) is 4.49. The van der Waals surface area contributed by atoms with Gasteiger partial charge < -0.3 is 9.84 Å². The normalized spacial score (nSPS) is 11.5. The molecule has 112 valence electrons. The first-order valence-electron chi connectivity index (χ1n) is 6.16. The van der Waals surface area contributed by atoms with Gasteiger partial charge >= 0.3 is 6.18 Å². The lowest BCUT2D eigenvalue weighted by Gasteiger charge is -2.09. The van der Waals surface area contributed by atoms with Crippen molar-refractivity contribution in [3.8, 4) is 0 Å². The highest BCUT2D eigenvalue weighted by atomic mass is 19.4. The number of benzene rings is 1. The highest BCUT2D eigenvalue weighted by Gasteiger charge is 2.30. The van der Waals surface area contributed by atoms with Crippen molar-refractivity contribution in [3.63, 3.8) is 0 Å². The summed E-state index contributed by atoms with van der Waals surface area (Å²) in [4.78, 5) is 11.9. The molecule has 0 spiro atoms. The summed E-state index contributed by atoms with van der Waals surface area (Å²) in [5.41, 5.74) is 0.519. The number of nitrogens with one attached hydrogen (secondary N) is 1. The Balaban J connectivity index is 2.10. The number of aromatic nitrogens is 1. The van der Waals surface area contributed by atoms with E-state index in [4.69, 9.17) is 4.52 Å². The highest BCUT2D eigenvalue weighted by molar-refractivity contribution is 5.92. The van der Waals surface area contributed by atoms with Crippen molar-refractivity contribution in [2.24, 2.45) is 0 Å². The number of rotatable bonds is 3. The molecule has 0 aliphatic heterocycles. The second kappa shape index (κ2) is 5.59. The van der Waals surface area contributed by atoms with Crippen molar-refractivity contribution in [2.45, 2.75) is 26.4 Å². The molecule has 0 bridgehead atoms. The van der Waals surface area contributed by atoms with E-state index in [-0.39, 0.29) is 12.1 Å². The van der Waals surface area contributed by atoms with Gasteiger partial charge in [0.05, 0.1) is 17.7 Å². The van der Waals surface area contributed by atoms with Crippen LogP contribution in [0.3, 0.4) is 0 Å². The quantitative estimate of drug-likeness (QED) is 0.943. The summed E-state index contributed by atoms with van der Waals surface area (Å²) in [6.07, 6.45) is -4.44. The number of nitrogens with zero attached hydrogens (tertiary/aromatic N) is 1. The van der Waals surface area contributed by atoms with E-state index in [9.17, 15) is 18.0 Å². The zero-order valence-electron chi connectivity index (χ0n) is 11.4. The largest absolute Gasteiger partial charge is 0.416 e. The van der Waals surface area contributed by atoms with Gasteiger partial charge in [-0.3, -0.25) is 4.79 Å². The third-order valence-corrected chi connectivity index (χ3v) is 2.99. The molecule has 0 aliphatic carbocycles. The van der Waals surface area contributed by atoms with Crippen molar-refractivity contribution in [2.75, 3.05) is 5.32 Å². The zero-order valence-corrected chi connectivity index (χ0v) is 11.4. The fourth-order valence-corrected chi connectivity index (χ4v) is 1.89. The van der Waals surface area contributed by atoms with Crippen LogP contribution in [0.5, 0.6) is 0 Å². The molecule has 0 atom stereocenters. The number of alkyl halides is 3. The van der Waals surface area contributed by atoms with E-state index >= 15 is 0 Å². The van der Waals surface area contributed by atoms with Crippen molar-refractivity contribution in [1.29, 1.82) is 0 Å². The molecule has 1 N–H and O–H groups in total. The van der Waals surface area contributed by atoms with Gasteiger partial charge in [-0.05, 0) is 32.0 Å². The maximum Gasteiger partial charge on any atom is 0.416 e. The summed E-state index contributed by atoms with van der Waals surface area (Å²) in [5, 5.41) is 6.16. The third kappa shape index (κ3) is 3.62. The first-order valence-corrected chi connectivity index (χ1v) is 6.16. The molecule has 0 radical (unpaired) electrons. The average molecular weight is 298 g/mol. The van der Waals surface area contributed by atoms with Crippen LogP contribution in [0.25, 0.3) is 0 Å². The number of hydrogen-bond acceptors (Lipinski definition) is 3. The number of amides is 1. The number of carbonyl (C=O) groups excluding carboxylic acids is 1. The Morgan fingerprint density at radius 3 is 2.62 bits per heavy atom. The van der Waals surface area contributed by atoms with Crippen LogP contribution in [-0.2, 0) is 17.4 Å². The van der Waals surface area contributed by atoms with Gasteiger partial charge in [0.2, 0.25) is 5.91 Å². The molecule has 1 amide bonds. The zero-order chi connectivity index (χ0) is 15.6. The van der Waals surface area contributed by atoms with E-state index in [1.54, 1.807) is 13.8 Å². The molecule has 0 unspecified atom stereocenters. The summed E-state index contributed by atoms with van der Waals surface area (Å²) >= 11 is 0. The van der Waals surface area contributed by atoms with Crippen LogP contribution in [0.15, 0.2) is 28.8 Å². The minimum Gasteiger partial charge on any atom is -0.361 e. The highest BCUT2D eigenvalue weighted by Crippen LogP contribution is 2.30. The van der Waals surface area contributed by atoms with Gasteiger partial charge in [0.15, 0.2) is 0 Å². The van der Waals surface area contributed by atoms with Gasteiger partial charge in [-0.1, -0.05) is 11.2 Å². The Morgan fingerprint density at radius 1 is 1.33 bits per heavy atom. The van der Waals surface area contributed by atoms with E-state index < -0.39 is 17.6 Å². The van der Waals surface area contributed by atoms with Gasteiger partial charge in [0, 0.05) is 11.3 Å². The van der Waals surface area contributed by atoms with E-state index in [2.05, 4.69) is 10.5 Å². The molecular formula is C14H13F3N2O2. The minimum absolute atomic E-state index is 0.00257. The minimum atomic E-state index is -4.44. The molecule has 0 saturated heterocycles. The molecule has 2 aromatic rings. The van der Waals surface area contributed by atoms with Crippen LogP contribution in [0.1, 0.15) is 22.6 Å². The Kier molecular flexibility index (Phi) is 4.02. The number of carbonyl (C=O) groups is 1. The van der Waals surface area contributed by atoms with Crippen LogP contribution < -0.4 is 5.32 Å². The Labute approximate surface area is 118 Å². The van der Waals surface area contributed by atoms with Crippen LogP contribution in [0, 0.1) is 13.8 Å². The number of halogens is 3. The number of aryl methyl sites for hydroxylation is 2. The molecule has 0 saturated carbocycles. The van der Waals surface area contributed by atoms with Gasteiger partial charge in [0.25, 0.3) is 0 Å². The molecule has 2 rings (SSSR count). The Hall–Kier alpha value is -2.31. The monoisotopic (exact) mass is 298 g/mol. The Morgan fingerprint density at radius 2 is 2.05 bits per heavy atom. The molecule has 4 nitrogen and oxygen atoms in total. The van der Waals surface area contributed by atoms with Crippen LogP contribution in [0.4, 0.5) is 18.9 Å². The first-order chi connectivity index (χ1) is 9.77. The topological polar surface area (TPSA) is 55.1 Å². The maximum atomic E-state index is 12.6. The second-order valence-electron chi connectivity index (χ2n) is 4.61. The fraction of sp³-hybridized carbons (Fsp3) is 0.286. The summed E-state index contributed by atoms with van der Waals surface area (Å²) in [5.74, 6) is 0.0930. The molecule has 1 aromatic heterocycles. The predicted octanol–water partition coefficient (Wildman–Crippen LogP) is 3.49. The lowest BCUT2D eigenvalue weighted by molar-refractivity contribution is -0.137. The van der Waals surface area contributed by atoms with Crippen molar-refractivity contribution in [3.05, 3.63) is 46.8 Å². The molecular weight excluding hydrogens is 285 g/mol. The van der Waals surface area contributed by atoms with Crippen molar-refractivity contribution < 1.29 is 22.5 Å². The van der Waals surface area contributed by atoms with Crippen molar-refractivity contribution >= 4 is 11.6 Å². The molecule has 21 heavy (non-hydrogen) atoms. The average Bonchev–Trinajstić information content (AvgIpc) is 2.70. The fourth-order valence-electron chi connectivity index (χ4n) is 1.89. The maximum absolute atomic E-state index is 12.6. The summed E-state index contributed by atoms with van der Waals surface area (Å²) in [6.45, 7) is 3.37. The molecule has 1 aromatic carbocycles. The van der Waals surface area contributed by atoms with Gasteiger partial charge in [-0.15, -0.1) is 0 Å². The van der Waals surface area contributed by atoms with Crippen LogP contribution >= 0.6 is 0 Å². The van der Waals surface area contributed by atoms with Gasteiger partial charge in [0.1, 0.15) is 5.76 Å². The smallest absolute Gasteiger partial charge is 0.361 e. The number of anilines is 1. The van der Waals surface area contributed by atoms with E-state index in [1.807, 2.05) is 0 Å². The van der Waals surface area contributed by atoms with Gasteiger partial charge in [-0.2, -0.15) is 13.2 Å². The van der Waals surface area contributed by atoms with Gasteiger partial charge in [-0.25, -0.2) is 0 Å². The first kappa shape index (κ1) is 15.1. The lowest BCUT2D eigenvalue weighted by atomic mass is 10.1. The third-order valence-electron chi connectivity index (χ3n) is 2.99. The SMILES string of the molecule is Cc1noc(C)c1CC(=O)Nc1cccc(C(F)(F)F)c1. The summed E-state index contributed by atoms with van der Waals surface area (Å²) < 4.78 is 42.7. The van der Waals surface area contributed by atoms with Crippen LogP contribution in [0.2, 0.25) is 0 Å². The summed E-state index contributed by atoms with van der Waals surface area (Å²) in [7, 11) is 0. The standard InChI is InChI=1S/C14H13F3N2O2/c1-8-12(9(2)21-19-8)7-13(20)18-11-5-3-4-10(6-11)14(15,16)17/h3-6H,7H2,1-2H3,(H,18,20). The second-order valence-corrected chi connectivity index (χ2v) is 4.61. The molecule has 0 aliphatic rings. The van der Waals surface area contributed by atoms with Crippen LogP contribution in [-0.4, -0.2) is 11.1 Å². The van der Waals surface area contributed by atoms with E-state index in [0.29, 0.717) is 17.0 Å². The number of hydrogen-bond donors (Lipinski definition) is 1. The molecule has 1 heterocycles. The Bertz CT molecular complexity index is 643. The van der Waals surface area contributed by atoms with E-state index in [0.717, 1.165) is 12.1 Å². The predicted molar refractivity (Wildman–Crippen MR) is 69.8 cm³/mol. The lowest BCUT2D eigenvalue weighted by Crippen LogP contribution is -2.16. The van der Waals surface area contributed by atoms with E-state index in [1.165, 1.54) is 12.1 Å². The van der Waals surface area contributed by atoms with Crippen molar-refractivity contribution in [1.82, 2.24) is 5.16 Å². The molecule has 7 heteroatoms.